The number of fused-ring (bicyclic) bond motifs is 1. The summed E-state index contributed by atoms with van der Waals surface area (Å²) < 4.78 is 7.45. The number of nitrogens with one attached hydrogen (secondary N) is 2. The predicted molar refractivity (Wildman–Crippen MR) is 99.8 cm³/mol. The summed E-state index contributed by atoms with van der Waals surface area (Å²) in [5, 5.41) is 0.825. The Bertz CT molecular complexity index is 945. The maximum atomic E-state index is 12.4. The third-order valence-corrected chi connectivity index (χ3v) is 4.14. The van der Waals surface area contributed by atoms with E-state index in [0.29, 0.717) is 11.3 Å². The lowest BCUT2D eigenvalue weighted by molar-refractivity contribution is -0.128. The maximum absolute atomic E-state index is 12.4. The minimum Gasteiger partial charge on any atom is -0.481 e. The lowest BCUT2D eigenvalue weighted by atomic mass is 10.2. The van der Waals surface area contributed by atoms with Crippen LogP contribution in [0.4, 0.5) is 0 Å². The molecule has 2 N–H and O–H groups in total. The average Bonchev–Trinajstić information content (AvgIpc) is 2.98. The molecular weight excluding hydrogens is 330 g/mol. The molecule has 26 heavy (non-hydrogen) atoms. The molecule has 6 heteroatoms. The highest BCUT2D eigenvalue weighted by molar-refractivity contribution is 6.07. The van der Waals surface area contributed by atoms with Crippen molar-refractivity contribution in [2.24, 2.45) is 7.05 Å². The summed E-state index contributed by atoms with van der Waals surface area (Å²) in [6, 6.07) is 15.0. The SMILES string of the molecule is Cc1ccc(OC(C)C(=O)NNC(=O)c2cn(C)c3ccccc23)cc1. The van der Waals surface area contributed by atoms with Gasteiger partial charge in [-0.3, -0.25) is 20.4 Å². The van der Waals surface area contributed by atoms with Gasteiger partial charge in [0.05, 0.1) is 5.56 Å². The predicted octanol–water partition coefficient (Wildman–Crippen LogP) is 2.72. The van der Waals surface area contributed by atoms with Crippen LogP contribution >= 0.6 is 0 Å². The van der Waals surface area contributed by atoms with Gasteiger partial charge < -0.3 is 9.30 Å². The number of aromatic nitrogens is 1. The molecule has 0 aliphatic carbocycles. The Kier molecular flexibility index (Phi) is 4.93. The number of carbonyl (C=O) groups is 2. The van der Waals surface area contributed by atoms with E-state index in [-0.39, 0.29) is 5.91 Å². The van der Waals surface area contributed by atoms with Gasteiger partial charge >= 0.3 is 0 Å². The van der Waals surface area contributed by atoms with Crippen LogP contribution in [0, 0.1) is 6.92 Å². The molecule has 0 saturated carbocycles. The van der Waals surface area contributed by atoms with Crippen molar-refractivity contribution in [1.82, 2.24) is 15.4 Å². The Hall–Kier alpha value is -3.28. The van der Waals surface area contributed by atoms with Gasteiger partial charge in [-0.25, -0.2) is 0 Å². The lowest BCUT2D eigenvalue weighted by Crippen LogP contribution is -2.47. The molecule has 3 rings (SSSR count). The van der Waals surface area contributed by atoms with E-state index >= 15 is 0 Å². The van der Waals surface area contributed by atoms with E-state index < -0.39 is 12.0 Å². The van der Waals surface area contributed by atoms with Crippen molar-refractivity contribution in [1.29, 1.82) is 0 Å². The number of nitrogens with zero attached hydrogens (tertiary/aromatic N) is 1. The fourth-order valence-corrected chi connectivity index (χ4v) is 2.68. The second-order valence-corrected chi connectivity index (χ2v) is 6.19. The molecule has 1 atom stereocenters. The highest BCUT2D eigenvalue weighted by Gasteiger charge is 2.18. The average molecular weight is 351 g/mol. The van der Waals surface area contributed by atoms with Crippen molar-refractivity contribution in [2.45, 2.75) is 20.0 Å². The van der Waals surface area contributed by atoms with Crippen LogP contribution in [0.15, 0.2) is 54.7 Å². The molecule has 0 aliphatic heterocycles. The zero-order valence-corrected chi connectivity index (χ0v) is 14.9. The fourth-order valence-electron chi connectivity index (χ4n) is 2.68. The smallest absolute Gasteiger partial charge is 0.279 e. The first-order chi connectivity index (χ1) is 12.5. The standard InChI is InChI=1S/C20H21N3O3/c1-13-8-10-15(11-9-13)26-14(2)19(24)21-22-20(25)17-12-23(3)18-7-5-4-6-16(17)18/h4-12,14H,1-3H3,(H,21,24)(H,22,25). The number of carbonyl (C=O) groups excluding carboxylic acids is 2. The number of amides is 2. The number of benzene rings is 2. The normalized spacial score (nSPS) is 11.8. The number of para-hydroxylation sites is 1. The number of hydrogen-bond acceptors (Lipinski definition) is 3. The second-order valence-electron chi connectivity index (χ2n) is 6.19. The Balaban J connectivity index is 1.61. The van der Waals surface area contributed by atoms with E-state index in [4.69, 9.17) is 4.74 Å². The van der Waals surface area contributed by atoms with Crippen LogP contribution in [0.2, 0.25) is 0 Å². The number of aryl methyl sites for hydroxylation is 2. The molecule has 0 saturated heterocycles. The molecule has 134 valence electrons. The van der Waals surface area contributed by atoms with Gasteiger partial charge in [0.2, 0.25) is 0 Å². The van der Waals surface area contributed by atoms with Crippen molar-refractivity contribution in [3.8, 4) is 5.75 Å². The van der Waals surface area contributed by atoms with Crippen LogP contribution in [0.1, 0.15) is 22.8 Å². The summed E-state index contributed by atoms with van der Waals surface area (Å²) in [6.45, 7) is 3.60. The first kappa shape index (κ1) is 17.5. The second kappa shape index (κ2) is 7.31. The van der Waals surface area contributed by atoms with Gasteiger partial charge in [-0.05, 0) is 32.0 Å². The molecule has 6 nitrogen and oxygen atoms in total. The van der Waals surface area contributed by atoms with Crippen LogP contribution in [0.25, 0.3) is 10.9 Å². The van der Waals surface area contributed by atoms with Crippen molar-refractivity contribution in [2.75, 3.05) is 0 Å². The Labute approximate surface area is 151 Å². The number of ether oxygens (including phenoxy) is 1. The molecule has 0 bridgehead atoms. The van der Waals surface area contributed by atoms with Gasteiger partial charge in [0.15, 0.2) is 6.10 Å². The summed E-state index contributed by atoms with van der Waals surface area (Å²) in [6.07, 6.45) is 0.990. The van der Waals surface area contributed by atoms with Gasteiger partial charge in [-0.1, -0.05) is 35.9 Å². The number of rotatable bonds is 4. The molecule has 0 radical (unpaired) electrons. The van der Waals surface area contributed by atoms with Crippen LogP contribution in [0.3, 0.4) is 0 Å². The van der Waals surface area contributed by atoms with E-state index in [1.807, 2.05) is 54.9 Å². The van der Waals surface area contributed by atoms with Gasteiger partial charge in [-0.15, -0.1) is 0 Å². The largest absolute Gasteiger partial charge is 0.481 e. The molecule has 1 aromatic heterocycles. The van der Waals surface area contributed by atoms with E-state index in [0.717, 1.165) is 16.5 Å². The summed E-state index contributed by atoms with van der Waals surface area (Å²) >= 11 is 0. The van der Waals surface area contributed by atoms with E-state index in [2.05, 4.69) is 10.9 Å². The first-order valence-corrected chi connectivity index (χ1v) is 8.33. The summed E-state index contributed by atoms with van der Waals surface area (Å²) in [4.78, 5) is 24.6. The summed E-state index contributed by atoms with van der Waals surface area (Å²) in [5.74, 6) is -0.213. The molecule has 0 aliphatic rings. The minimum absolute atomic E-state index is 0.377. The third kappa shape index (κ3) is 3.69. The van der Waals surface area contributed by atoms with Crippen LogP contribution < -0.4 is 15.6 Å². The monoisotopic (exact) mass is 351 g/mol. The van der Waals surface area contributed by atoms with Crippen molar-refractivity contribution in [3.63, 3.8) is 0 Å². The van der Waals surface area contributed by atoms with E-state index in [1.54, 1.807) is 25.3 Å². The van der Waals surface area contributed by atoms with Gasteiger partial charge in [-0.2, -0.15) is 0 Å². The number of hydrazine groups is 1. The zero-order chi connectivity index (χ0) is 18.7. The first-order valence-electron chi connectivity index (χ1n) is 8.33. The molecular formula is C20H21N3O3. The molecule has 3 aromatic rings. The van der Waals surface area contributed by atoms with Crippen molar-refractivity contribution < 1.29 is 14.3 Å². The highest BCUT2D eigenvalue weighted by atomic mass is 16.5. The van der Waals surface area contributed by atoms with Crippen molar-refractivity contribution >= 4 is 22.7 Å². The zero-order valence-electron chi connectivity index (χ0n) is 14.9. The summed E-state index contributed by atoms with van der Waals surface area (Å²) in [7, 11) is 1.87. The molecule has 1 unspecified atom stereocenters. The quantitative estimate of drug-likeness (QED) is 0.710. The van der Waals surface area contributed by atoms with Crippen LogP contribution in [-0.4, -0.2) is 22.5 Å². The summed E-state index contributed by atoms with van der Waals surface area (Å²) in [5.41, 5.74) is 7.41. The Morgan fingerprint density at radius 3 is 2.46 bits per heavy atom. The minimum atomic E-state index is -0.745. The van der Waals surface area contributed by atoms with E-state index in [1.165, 1.54) is 0 Å². The Morgan fingerprint density at radius 1 is 1.04 bits per heavy atom. The van der Waals surface area contributed by atoms with Crippen LogP contribution in [0.5, 0.6) is 5.75 Å². The van der Waals surface area contributed by atoms with Crippen molar-refractivity contribution in [3.05, 3.63) is 65.9 Å². The molecule has 2 aromatic carbocycles. The molecule has 1 heterocycles. The molecule has 0 spiro atoms. The van der Waals surface area contributed by atoms with Crippen LogP contribution in [-0.2, 0) is 11.8 Å². The highest BCUT2D eigenvalue weighted by Crippen LogP contribution is 2.20. The van der Waals surface area contributed by atoms with E-state index in [9.17, 15) is 9.59 Å². The molecule has 0 fully saturated rings. The number of hydrogen-bond donors (Lipinski definition) is 2. The Morgan fingerprint density at radius 2 is 1.73 bits per heavy atom. The molecule has 2 amide bonds. The van der Waals surface area contributed by atoms with Gasteiger partial charge in [0.25, 0.3) is 11.8 Å². The maximum Gasteiger partial charge on any atom is 0.279 e. The fraction of sp³-hybridized carbons (Fsp3) is 0.200. The van der Waals surface area contributed by atoms with Gasteiger partial charge in [0.1, 0.15) is 5.75 Å². The van der Waals surface area contributed by atoms with Gasteiger partial charge in [0, 0.05) is 24.1 Å². The lowest BCUT2D eigenvalue weighted by Gasteiger charge is -2.15. The topological polar surface area (TPSA) is 72.4 Å². The third-order valence-electron chi connectivity index (χ3n) is 4.14.